The minimum absolute atomic E-state index is 0.176. The van der Waals surface area contributed by atoms with Crippen molar-refractivity contribution < 1.29 is 4.74 Å². The van der Waals surface area contributed by atoms with Gasteiger partial charge in [-0.15, -0.1) is 0 Å². The first-order chi connectivity index (χ1) is 5.36. The Hall–Kier alpha value is 0.250. The summed E-state index contributed by atoms with van der Waals surface area (Å²) in [6.07, 6.45) is 2.39. The number of hydrogen-bond acceptors (Lipinski definition) is 4. The molecule has 0 aliphatic carbocycles. The Balaban J connectivity index is 2.15. The number of nitrogens with zero attached hydrogens (tertiary/aromatic N) is 2. The van der Waals surface area contributed by atoms with E-state index in [4.69, 9.17) is 4.74 Å². The molecule has 1 saturated heterocycles. The second-order valence-corrected chi connectivity index (χ2v) is 4.91. The lowest BCUT2D eigenvalue weighted by molar-refractivity contribution is 0.106. The maximum absolute atomic E-state index is 5.43. The summed E-state index contributed by atoms with van der Waals surface area (Å²) in [7, 11) is 0. The van der Waals surface area contributed by atoms with Crippen LogP contribution >= 0.6 is 34.1 Å². The number of rotatable bonds is 1. The van der Waals surface area contributed by atoms with Gasteiger partial charge in [0.1, 0.15) is 6.10 Å². The van der Waals surface area contributed by atoms with E-state index in [9.17, 15) is 0 Å². The summed E-state index contributed by atoms with van der Waals surface area (Å²) in [6, 6.07) is 0. The molecule has 1 unspecified atom stereocenters. The molecule has 11 heavy (non-hydrogen) atoms. The summed E-state index contributed by atoms with van der Waals surface area (Å²) in [6.45, 7) is 0.862. The number of halogens is 1. The van der Waals surface area contributed by atoms with Crippen LogP contribution in [0.5, 0.6) is 0 Å². The lowest BCUT2D eigenvalue weighted by Crippen LogP contribution is -1.97. The van der Waals surface area contributed by atoms with Crippen LogP contribution in [0.25, 0.3) is 0 Å². The standard InChI is InChI=1S/C6H7IN2OS/c7-6-8-5(9-11-6)4-2-1-3-10-4/h4H,1-3H2. The van der Waals surface area contributed by atoms with Crippen LogP contribution in [-0.2, 0) is 4.74 Å². The maximum atomic E-state index is 5.43. The molecule has 1 aromatic heterocycles. The molecule has 0 N–H and O–H groups in total. The lowest BCUT2D eigenvalue weighted by Gasteiger charge is -2.01. The summed E-state index contributed by atoms with van der Waals surface area (Å²) >= 11 is 3.61. The smallest absolute Gasteiger partial charge is 0.174 e. The average molecular weight is 282 g/mol. The van der Waals surface area contributed by atoms with Crippen LogP contribution in [0.2, 0.25) is 0 Å². The Morgan fingerprint density at radius 2 is 2.55 bits per heavy atom. The van der Waals surface area contributed by atoms with Gasteiger partial charge in [0.15, 0.2) is 8.84 Å². The molecule has 2 heterocycles. The molecule has 0 radical (unpaired) electrons. The third kappa shape index (κ3) is 1.70. The molecule has 3 nitrogen and oxygen atoms in total. The van der Waals surface area contributed by atoms with Crippen molar-refractivity contribution in [3.63, 3.8) is 0 Å². The van der Waals surface area contributed by atoms with Crippen molar-refractivity contribution >= 4 is 34.1 Å². The van der Waals surface area contributed by atoms with E-state index in [2.05, 4.69) is 31.9 Å². The van der Waals surface area contributed by atoms with E-state index >= 15 is 0 Å². The second-order valence-electron chi connectivity index (χ2n) is 2.41. The van der Waals surface area contributed by atoms with E-state index < -0.39 is 0 Å². The van der Waals surface area contributed by atoms with Crippen LogP contribution < -0.4 is 0 Å². The first-order valence-corrected chi connectivity index (χ1v) is 5.32. The topological polar surface area (TPSA) is 35.0 Å². The molecule has 1 aliphatic heterocycles. The van der Waals surface area contributed by atoms with Gasteiger partial charge in [0.2, 0.25) is 0 Å². The predicted molar refractivity (Wildman–Crippen MR) is 50.6 cm³/mol. The van der Waals surface area contributed by atoms with Crippen molar-refractivity contribution in [2.24, 2.45) is 0 Å². The number of hydrogen-bond donors (Lipinski definition) is 0. The third-order valence-corrected chi connectivity index (χ3v) is 2.99. The molecule has 2 rings (SSSR count). The minimum atomic E-state index is 0.176. The Labute approximate surface area is 82.5 Å². The van der Waals surface area contributed by atoms with Crippen LogP contribution in [0.1, 0.15) is 24.8 Å². The summed E-state index contributed by atoms with van der Waals surface area (Å²) in [5.74, 6) is 0.872. The predicted octanol–water partition coefficient (Wildman–Crippen LogP) is 1.99. The van der Waals surface area contributed by atoms with Crippen LogP contribution in [0.3, 0.4) is 0 Å². The number of aromatic nitrogens is 2. The van der Waals surface area contributed by atoms with Gasteiger partial charge in [0, 0.05) is 6.61 Å². The van der Waals surface area contributed by atoms with Crippen molar-refractivity contribution in [3.05, 3.63) is 8.84 Å². The molecule has 1 aliphatic rings. The van der Waals surface area contributed by atoms with Crippen molar-refractivity contribution in [2.45, 2.75) is 18.9 Å². The Kier molecular flexibility index (Phi) is 2.38. The highest BCUT2D eigenvalue weighted by molar-refractivity contribution is 14.1. The van der Waals surface area contributed by atoms with E-state index in [0.29, 0.717) is 0 Å². The van der Waals surface area contributed by atoms with Gasteiger partial charge in [-0.1, -0.05) is 0 Å². The van der Waals surface area contributed by atoms with E-state index in [-0.39, 0.29) is 6.10 Å². The minimum Gasteiger partial charge on any atom is -0.370 e. The molecule has 0 saturated carbocycles. The highest BCUT2D eigenvalue weighted by Crippen LogP contribution is 2.27. The van der Waals surface area contributed by atoms with E-state index in [0.717, 1.165) is 28.3 Å². The molecule has 1 fully saturated rings. The zero-order chi connectivity index (χ0) is 7.68. The summed E-state index contributed by atoms with van der Waals surface area (Å²) in [4.78, 5) is 4.26. The van der Waals surface area contributed by atoms with Gasteiger partial charge < -0.3 is 4.74 Å². The Bertz CT molecular complexity index is 246. The van der Waals surface area contributed by atoms with E-state index in [1.807, 2.05) is 0 Å². The molecular formula is C6H7IN2OS. The van der Waals surface area contributed by atoms with Crippen molar-refractivity contribution in [1.29, 1.82) is 0 Å². The summed E-state index contributed by atoms with van der Waals surface area (Å²) < 4.78 is 10.6. The van der Waals surface area contributed by atoms with Crippen LogP contribution in [0.15, 0.2) is 0 Å². The van der Waals surface area contributed by atoms with Crippen LogP contribution in [-0.4, -0.2) is 16.0 Å². The monoisotopic (exact) mass is 282 g/mol. The largest absolute Gasteiger partial charge is 0.370 e. The Morgan fingerprint density at radius 1 is 1.64 bits per heavy atom. The third-order valence-electron chi connectivity index (χ3n) is 1.63. The second kappa shape index (κ2) is 3.32. The zero-order valence-electron chi connectivity index (χ0n) is 5.79. The fourth-order valence-electron chi connectivity index (χ4n) is 1.13. The van der Waals surface area contributed by atoms with Gasteiger partial charge in [-0.3, -0.25) is 0 Å². The molecule has 60 valence electrons. The molecule has 1 aromatic rings. The van der Waals surface area contributed by atoms with Gasteiger partial charge >= 0.3 is 0 Å². The summed E-state index contributed by atoms with van der Waals surface area (Å²) in [5.41, 5.74) is 0. The highest BCUT2D eigenvalue weighted by atomic mass is 127. The van der Waals surface area contributed by atoms with Gasteiger partial charge in [0.05, 0.1) is 0 Å². The molecular weight excluding hydrogens is 275 g/mol. The molecule has 5 heteroatoms. The van der Waals surface area contributed by atoms with Crippen molar-refractivity contribution in [3.8, 4) is 0 Å². The highest BCUT2D eigenvalue weighted by Gasteiger charge is 2.21. The molecule has 1 atom stereocenters. The molecule has 0 bridgehead atoms. The van der Waals surface area contributed by atoms with Crippen molar-refractivity contribution in [1.82, 2.24) is 9.36 Å². The van der Waals surface area contributed by atoms with E-state index in [1.54, 1.807) is 0 Å². The quantitative estimate of drug-likeness (QED) is 0.739. The fourth-order valence-corrected chi connectivity index (χ4v) is 2.13. The molecule has 0 spiro atoms. The average Bonchev–Trinajstić information content (AvgIpc) is 2.55. The maximum Gasteiger partial charge on any atom is 0.174 e. The van der Waals surface area contributed by atoms with E-state index in [1.165, 1.54) is 11.5 Å². The fraction of sp³-hybridized carbons (Fsp3) is 0.667. The van der Waals surface area contributed by atoms with Gasteiger partial charge in [-0.05, 0) is 47.0 Å². The molecule has 0 amide bonds. The van der Waals surface area contributed by atoms with Gasteiger partial charge in [-0.2, -0.15) is 4.37 Å². The SMILES string of the molecule is Ic1nc(C2CCCO2)ns1. The summed E-state index contributed by atoms with van der Waals surface area (Å²) in [5, 5.41) is 0. The van der Waals surface area contributed by atoms with Gasteiger partial charge in [0.25, 0.3) is 0 Å². The first-order valence-electron chi connectivity index (χ1n) is 3.47. The van der Waals surface area contributed by atoms with Gasteiger partial charge in [-0.25, -0.2) is 4.98 Å². The zero-order valence-corrected chi connectivity index (χ0v) is 8.76. The van der Waals surface area contributed by atoms with Crippen LogP contribution in [0, 0.1) is 3.01 Å². The lowest BCUT2D eigenvalue weighted by atomic mass is 10.2. The first kappa shape index (κ1) is 7.88. The molecule has 0 aromatic carbocycles. The van der Waals surface area contributed by atoms with Crippen molar-refractivity contribution in [2.75, 3.05) is 6.61 Å². The van der Waals surface area contributed by atoms with Crippen LogP contribution in [0.4, 0.5) is 0 Å². The normalized spacial score (nSPS) is 24.3. The number of ether oxygens (including phenoxy) is 1. The Morgan fingerprint density at radius 3 is 3.09 bits per heavy atom.